The molecule has 5 heteroatoms. The minimum Gasteiger partial charge on any atom is -0.472 e. The van der Waals surface area contributed by atoms with Crippen LogP contribution in [0.4, 0.5) is 5.69 Å². The molecule has 3 rings (SSSR count). The highest BCUT2D eigenvalue weighted by atomic mass is 16.3. The number of carbonyl (C=O) groups is 2. The Morgan fingerprint density at radius 3 is 2.35 bits per heavy atom. The minimum absolute atomic E-state index is 0.259. The Morgan fingerprint density at radius 2 is 1.70 bits per heavy atom. The van der Waals surface area contributed by atoms with E-state index in [2.05, 4.69) is 5.32 Å². The molecule has 3 N–H and O–H groups in total. The average molecular weight is 306 g/mol. The van der Waals surface area contributed by atoms with Gasteiger partial charge < -0.3 is 15.5 Å². The molecule has 0 aliphatic rings. The molecule has 0 radical (unpaired) electrons. The summed E-state index contributed by atoms with van der Waals surface area (Å²) in [6, 6.07) is 15.5. The van der Waals surface area contributed by atoms with Gasteiger partial charge >= 0.3 is 0 Å². The molecule has 0 saturated carbocycles. The number of furan rings is 1. The molecule has 23 heavy (non-hydrogen) atoms. The maximum absolute atomic E-state index is 12.2. The van der Waals surface area contributed by atoms with E-state index >= 15 is 0 Å². The Bertz CT molecular complexity index is 837. The van der Waals surface area contributed by atoms with E-state index in [0.29, 0.717) is 16.8 Å². The van der Waals surface area contributed by atoms with Gasteiger partial charge in [0.25, 0.3) is 5.91 Å². The van der Waals surface area contributed by atoms with Crippen LogP contribution in [-0.2, 0) is 0 Å². The number of anilines is 1. The normalized spacial score (nSPS) is 10.3. The summed E-state index contributed by atoms with van der Waals surface area (Å²) in [5, 5.41) is 2.74. The molecular formula is C18H14N2O3. The molecule has 0 fully saturated rings. The fourth-order valence-corrected chi connectivity index (χ4v) is 2.20. The molecule has 1 aromatic heterocycles. The van der Waals surface area contributed by atoms with E-state index in [4.69, 9.17) is 10.2 Å². The molecule has 2 aromatic carbocycles. The van der Waals surface area contributed by atoms with Crippen LogP contribution in [-0.4, -0.2) is 11.8 Å². The molecule has 0 saturated heterocycles. The Morgan fingerprint density at radius 1 is 0.913 bits per heavy atom. The highest BCUT2D eigenvalue weighted by molar-refractivity contribution is 6.05. The van der Waals surface area contributed by atoms with Crippen LogP contribution < -0.4 is 11.1 Å². The fraction of sp³-hybridized carbons (Fsp3) is 0. The third kappa shape index (κ3) is 3.29. The quantitative estimate of drug-likeness (QED) is 0.775. The SMILES string of the molecule is NC(=O)c1cccc(NC(=O)c2ccc(-c3ccoc3)cc2)c1. The molecule has 0 atom stereocenters. The number of nitrogens with one attached hydrogen (secondary N) is 1. The number of rotatable bonds is 4. The van der Waals surface area contributed by atoms with Crippen molar-refractivity contribution in [2.75, 3.05) is 5.32 Å². The van der Waals surface area contributed by atoms with Crippen LogP contribution in [0.3, 0.4) is 0 Å². The van der Waals surface area contributed by atoms with Crippen LogP contribution in [0.1, 0.15) is 20.7 Å². The second kappa shape index (κ2) is 6.19. The van der Waals surface area contributed by atoms with Crippen molar-refractivity contribution in [2.24, 2.45) is 5.73 Å². The summed E-state index contributed by atoms with van der Waals surface area (Å²) in [6.45, 7) is 0. The van der Waals surface area contributed by atoms with Gasteiger partial charge in [0.15, 0.2) is 0 Å². The van der Waals surface area contributed by atoms with E-state index in [0.717, 1.165) is 11.1 Å². The van der Waals surface area contributed by atoms with Gasteiger partial charge in [-0.3, -0.25) is 9.59 Å². The van der Waals surface area contributed by atoms with E-state index in [-0.39, 0.29) is 5.91 Å². The lowest BCUT2D eigenvalue weighted by Crippen LogP contribution is -2.14. The fourth-order valence-electron chi connectivity index (χ4n) is 2.20. The lowest BCUT2D eigenvalue weighted by atomic mass is 10.1. The predicted octanol–water partition coefficient (Wildman–Crippen LogP) is 3.30. The largest absolute Gasteiger partial charge is 0.472 e. The van der Waals surface area contributed by atoms with Gasteiger partial charge in [-0.25, -0.2) is 0 Å². The van der Waals surface area contributed by atoms with Gasteiger partial charge in [-0.05, 0) is 42.0 Å². The number of benzene rings is 2. The Kier molecular flexibility index (Phi) is 3.93. The summed E-state index contributed by atoms with van der Waals surface area (Å²) in [6.07, 6.45) is 3.24. The number of nitrogens with two attached hydrogens (primary N) is 1. The van der Waals surface area contributed by atoms with Crippen molar-refractivity contribution in [3.05, 3.63) is 78.3 Å². The first-order chi connectivity index (χ1) is 11.1. The van der Waals surface area contributed by atoms with E-state index < -0.39 is 5.91 Å². The Balaban J connectivity index is 1.76. The van der Waals surface area contributed by atoms with Gasteiger partial charge in [-0.2, -0.15) is 0 Å². The Labute approximate surface area is 132 Å². The average Bonchev–Trinajstić information content (AvgIpc) is 3.09. The number of carbonyl (C=O) groups excluding carboxylic acids is 2. The molecule has 1 heterocycles. The smallest absolute Gasteiger partial charge is 0.255 e. The lowest BCUT2D eigenvalue weighted by molar-refractivity contribution is 0.0996. The maximum Gasteiger partial charge on any atom is 0.255 e. The number of amides is 2. The van der Waals surface area contributed by atoms with E-state index in [1.807, 2.05) is 18.2 Å². The molecule has 0 spiro atoms. The van der Waals surface area contributed by atoms with Crippen molar-refractivity contribution >= 4 is 17.5 Å². The minimum atomic E-state index is -0.537. The van der Waals surface area contributed by atoms with Gasteiger partial charge in [0.1, 0.15) is 0 Å². The molecule has 0 aliphatic carbocycles. The summed E-state index contributed by atoms with van der Waals surface area (Å²) in [5.41, 5.74) is 8.52. The van der Waals surface area contributed by atoms with Crippen molar-refractivity contribution < 1.29 is 14.0 Å². The van der Waals surface area contributed by atoms with Gasteiger partial charge in [0, 0.05) is 22.4 Å². The topological polar surface area (TPSA) is 85.3 Å². The molecule has 2 amide bonds. The number of hydrogen-bond acceptors (Lipinski definition) is 3. The zero-order valence-corrected chi connectivity index (χ0v) is 12.2. The summed E-state index contributed by atoms with van der Waals surface area (Å²) in [7, 11) is 0. The monoisotopic (exact) mass is 306 g/mol. The van der Waals surface area contributed by atoms with Crippen LogP contribution in [0, 0.1) is 0 Å². The standard InChI is InChI=1S/C18H14N2O3/c19-17(21)14-2-1-3-16(10-14)20-18(22)13-6-4-12(5-7-13)15-8-9-23-11-15/h1-11H,(H2,19,21)(H,20,22). The third-order valence-corrected chi connectivity index (χ3v) is 3.41. The summed E-state index contributed by atoms with van der Waals surface area (Å²) < 4.78 is 5.04. The highest BCUT2D eigenvalue weighted by Gasteiger charge is 2.08. The predicted molar refractivity (Wildman–Crippen MR) is 87.1 cm³/mol. The molecule has 5 nitrogen and oxygen atoms in total. The zero-order chi connectivity index (χ0) is 16.2. The third-order valence-electron chi connectivity index (χ3n) is 3.41. The number of hydrogen-bond donors (Lipinski definition) is 2. The summed E-state index contributed by atoms with van der Waals surface area (Å²) >= 11 is 0. The first kappa shape index (κ1) is 14.6. The second-order valence-electron chi connectivity index (χ2n) is 4.99. The molecule has 0 aliphatic heterocycles. The van der Waals surface area contributed by atoms with Crippen molar-refractivity contribution in [2.45, 2.75) is 0 Å². The highest BCUT2D eigenvalue weighted by Crippen LogP contribution is 2.20. The Hall–Kier alpha value is -3.34. The van der Waals surface area contributed by atoms with Gasteiger partial charge in [0.05, 0.1) is 12.5 Å². The number of primary amides is 1. The zero-order valence-electron chi connectivity index (χ0n) is 12.2. The first-order valence-electron chi connectivity index (χ1n) is 6.97. The van der Waals surface area contributed by atoms with Crippen LogP contribution in [0.15, 0.2) is 71.5 Å². The molecular weight excluding hydrogens is 292 g/mol. The lowest BCUT2D eigenvalue weighted by Gasteiger charge is -2.07. The second-order valence-corrected chi connectivity index (χ2v) is 4.99. The van der Waals surface area contributed by atoms with Crippen LogP contribution in [0.2, 0.25) is 0 Å². The molecule has 0 unspecified atom stereocenters. The molecule has 3 aromatic rings. The molecule has 0 bridgehead atoms. The van der Waals surface area contributed by atoms with Crippen molar-refractivity contribution in [3.63, 3.8) is 0 Å². The first-order valence-corrected chi connectivity index (χ1v) is 6.97. The van der Waals surface area contributed by atoms with Crippen LogP contribution >= 0.6 is 0 Å². The van der Waals surface area contributed by atoms with E-state index in [9.17, 15) is 9.59 Å². The molecule has 114 valence electrons. The summed E-state index contributed by atoms with van der Waals surface area (Å²) in [5.74, 6) is -0.795. The van der Waals surface area contributed by atoms with Crippen molar-refractivity contribution in [1.82, 2.24) is 0 Å². The maximum atomic E-state index is 12.2. The van der Waals surface area contributed by atoms with E-state index in [1.165, 1.54) is 0 Å². The van der Waals surface area contributed by atoms with Crippen molar-refractivity contribution in [1.29, 1.82) is 0 Å². The van der Waals surface area contributed by atoms with Crippen molar-refractivity contribution in [3.8, 4) is 11.1 Å². The van der Waals surface area contributed by atoms with Gasteiger partial charge in [-0.1, -0.05) is 18.2 Å². The van der Waals surface area contributed by atoms with Gasteiger partial charge in [-0.15, -0.1) is 0 Å². The van der Waals surface area contributed by atoms with Crippen LogP contribution in [0.5, 0.6) is 0 Å². The van der Waals surface area contributed by atoms with E-state index in [1.54, 1.807) is 48.9 Å². The summed E-state index contributed by atoms with van der Waals surface area (Å²) in [4.78, 5) is 23.4. The van der Waals surface area contributed by atoms with Gasteiger partial charge in [0.2, 0.25) is 5.91 Å². The van der Waals surface area contributed by atoms with Crippen LogP contribution in [0.25, 0.3) is 11.1 Å².